The van der Waals surface area contributed by atoms with Crippen molar-refractivity contribution in [3.63, 3.8) is 0 Å². The Labute approximate surface area is 165 Å². The third-order valence-corrected chi connectivity index (χ3v) is 7.08. The van der Waals surface area contributed by atoms with E-state index in [0.29, 0.717) is 5.92 Å². The summed E-state index contributed by atoms with van der Waals surface area (Å²) in [6.45, 7) is 4.49. The molecule has 0 spiro atoms. The highest BCUT2D eigenvalue weighted by molar-refractivity contribution is 7.90. The van der Waals surface area contributed by atoms with Gasteiger partial charge in [0.2, 0.25) is 10.0 Å². The highest BCUT2D eigenvalue weighted by atomic mass is 32.2. The number of halogens is 3. The summed E-state index contributed by atoms with van der Waals surface area (Å²) in [5.41, 5.74) is 0.815. The van der Waals surface area contributed by atoms with Crippen molar-refractivity contribution in [1.82, 2.24) is 4.72 Å². The fraction of sp³-hybridized carbons (Fsp3) is 0.684. The average molecular weight is 423 g/mol. The molecule has 0 atom stereocenters. The minimum absolute atomic E-state index is 0.0226. The molecule has 160 valence electrons. The molecule has 1 aliphatic rings. The van der Waals surface area contributed by atoms with E-state index in [9.17, 15) is 21.6 Å². The van der Waals surface area contributed by atoms with Crippen molar-refractivity contribution in [3.8, 4) is 5.75 Å². The molecular weight excluding hydrogens is 393 g/mol. The Kier molecular flexibility index (Phi) is 7.25. The molecule has 2 N–H and O–H groups in total. The van der Waals surface area contributed by atoms with Crippen LogP contribution in [-0.4, -0.2) is 38.5 Å². The minimum Gasteiger partial charge on any atom is -0.484 e. The van der Waals surface area contributed by atoms with Crippen LogP contribution in [0.4, 0.5) is 18.9 Å². The normalized spacial score (nSPS) is 21.4. The van der Waals surface area contributed by atoms with Crippen molar-refractivity contribution >= 4 is 15.7 Å². The van der Waals surface area contributed by atoms with Gasteiger partial charge in [0.15, 0.2) is 6.61 Å². The molecule has 0 amide bonds. The van der Waals surface area contributed by atoms with Gasteiger partial charge in [-0.25, -0.2) is 13.1 Å². The van der Waals surface area contributed by atoms with Gasteiger partial charge in [-0.1, -0.05) is 0 Å². The van der Waals surface area contributed by atoms with E-state index >= 15 is 0 Å². The second-order valence-corrected chi connectivity index (χ2v) is 10.7. The number of benzene rings is 1. The van der Waals surface area contributed by atoms with E-state index in [-0.39, 0.29) is 11.8 Å². The lowest BCUT2D eigenvalue weighted by Gasteiger charge is -2.31. The fourth-order valence-electron chi connectivity index (χ4n) is 2.98. The summed E-state index contributed by atoms with van der Waals surface area (Å²) < 4.78 is 67.6. The van der Waals surface area contributed by atoms with Crippen molar-refractivity contribution in [1.29, 1.82) is 0 Å². The number of ether oxygens (including phenoxy) is 1. The highest BCUT2D eigenvalue weighted by Crippen LogP contribution is 2.27. The molecule has 1 aromatic rings. The van der Waals surface area contributed by atoms with Gasteiger partial charge in [-0.15, -0.1) is 0 Å². The number of sulfonamides is 1. The van der Waals surface area contributed by atoms with E-state index in [1.54, 1.807) is 32.9 Å². The minimum atomic E-state index is -4.35. The number of nitrogens with one attached hydrogen (secondary N) is 2. The lowest BCUT2D eigenvalue weighted by molar-refractivity contribution is -0.153. The molecule has 0 radical (unpaired) electrons. The highest BCUT2D eigenvalue weighted by Gasteiger charge is 2.32. The first kappa shape index (κ1) is 22.8. The number of alkyl halides is 3. The van der Waals surface area contributed by atoms with Crippen LogP contribution in [0.1, 0.15) is 46.5 Å². The van der Waals surface area contributed by atoms with Crippen molar-refractivity contribution in [2.24, 2.45) is 5.92 Å². The molecule has 9 heteroatoms. The van der Waals surface area contributed by atoms with Crippen LogP contribution in [0.2, 0.25) is 0 Å². The van der Waals surface area contributed by atoms with Crippen LogP contribution >= 0.6 is 0 Å². The van der Waals surface area contributed by atoms with E-state index in [2.05, 4.69) is 14.8 Å². The molecule has 0 saturated heterocycles. The summed E-state index contributed by atoms with van der Waals surface area (Å²) >= 11 is 0. The van der Waals surface area contributed by atoms with Crippen LogP contribution in [-0.2, 0) is 10.0 Å². The smallest absolute Gasteiger partial charge is 0.422 e. The Morgan fingerprint density at radius 3 is 2.11 bits per heavy atom. The molecule has 1 fully saturated rings. The first-order chi connectivity index (χ1) is 12.9. The molecule has 2 rings (SSSR count). The van der Waals surface area contributed by atoms with Crippen LogP contribution in [0, 0.1) is 5.92 Å². The number of hydrogen-bond acceptors (Lipinski definition) is 4. The van der Waals surface area contributed by atoms with Gasteiger partial charge in [0.05, 0.1) is 4.75 Å². The third-order valence-electron chi connectivity index (χ3n) is 4.83. The zero-order chi connectivity index (χ0) is 21.0. The second kappa shape index (κ2) is 8.90. The van der Waals surface area contributed by atoms with Crippen molar-refractivity contribution in [2.75, 3.05) is 18.5 Å². The van der Waals surface area contributed by atoms with Crippen molar-refractivity contribution in [3.05, 3.63) is 24.3 Å². The Morgan fingerprint density at radius 1 is 1.04 bits per heavy atom. The summed E-state index contributed by atoms with van der Waals surface area (Å²) in [6, 6.07) is 6.37. The zero-order valence-electron chi connectivity index (χ0n) is 16.5. The lowest BCUT2D eigenvalue weighted by Crippen LogP contribution is -2.46. The van der Waals surface area contributed by atoms with Gasteiger partial charge in [-0.2, -0.15) is 13.2 Å². The maximum absolute atomic E-state index is 12.2. The van der Waals surface area contributed by atoms with E-state index in [4.69, 9.17) is 0 Å². The molecule has 5 nitrogen and oxygen atoms in total. The summed E-state index contributed by atoms with van der Waals surface area (Å²) in [7, 11) is -3.34. The summed E-state index contributed by atoms with van der Waals surface area (Å²) in [4.78, 5) is 0. The Balaban J connectivity index is 1.74. The Morgan fingerprint density at radius 2 is 1.61 bits per heavy atom. The maximum Gasteiger partial charge on any atom is 0.422 e. The standard InChI is InChI=1S/C19H29F3N2O3S/c1-18(2,3)28(25,26)24-16-6-4-14(5-7-16)12-23-15-8-10-17(11-9-15)27-13-19(20,21)22/h8-11,14,16,23-24H,4-7,12-13H2,1-3H3/t14-,16-. The second-order valence-electron chi connectivity index (χ2n) is 8.26. The van der Waals surface area contributed by atoms with Gasteiger partial charge >= 0.3 is 6.18 Å². The van der Waals surface area contributed by atoms with E-state index in [1.165, 1.54) is 12.1 Å². The van der Waals surface area contributed by atoms with Gasteiger partial charge in [0.25, 0.3) is 0 Å². The van der Waals surface area contributed by atoms with Crippen LogP contribution in [0.15, 0.2) is 24.3 Å². The van der Waals surface area contributed by atoms with Gasteiger partial charge in [-0.05, 0) is 76.6 Å². The van der Waals surface area contributed by atoms with E-state index in [0.717, 1.165) is 37.9 Å². The quantitative estimate of drug-likeness (QED) is 0.687. The van der Waals surface area contributed by atoms with Gasteiger partial charge in [-0.3, -0.25) is 0 Å². The van der Waals surface area contributed by atoms with Crippen molar-refractivity contribution in [2.45, 2.75) is 63.4 Å². The molecule has 0 aliphatic heterocycles. The largest absolute Gasteiger partial charge is 0.484 e. The SMILES string of the molecule is CC(C)(C)S(=O)(=O)N[C@H]1CC[C@H](CNc2ccc(OCC(F)(F)F)cc2)CC1. The summed E-state index contributed by atoms with van der Waals surface area (Å²) in [5.74, 6) is 0.603. The van der Waals surface area contributed by atoms with Gasteiger partial charge in [0, 0.05) is 18.3 Å². The average Bonchev–Trinajstić information content (AvgIpc) is 2.58. The monoisotopic (exact) mass is 422 g/mol. The maximum atomic E-state index is 12.2. The lowest BCUT2D eigenvalue weighted by atomic mass is 9.86. The molecule has 1 aliphatic carbocycles. The first-order valence-electron chi connectivity index (χ1n) is 9.41. The van der Waals surface area contributed by atoms with Crippen molar-refractivity contribution < 1.29 is 26.3 Å². The Hall–Kier alpha value is -1.48. The van der Waals surface area contributed by atoms with Crippen LogP contribution in [0.25, 0.3) is 0 Å². The van der Waals surface area contributed by atoms with E-state index in [1.807, 2.05) is 0 Å². The predicted molar refractivity (Wildman–Crippen MR) is 104 cm³/mol. The third kappa shape index (κ3) is 7.16. The molecule has 0 unspecified atom stereocenters. The number of anilines is 1. The van der Waals surface area contributed by atoms with Crippen LogP contribution < -0.4 is 14.8 Å². The van der Waals surface area contributed by atoms with Crippen LogP contribution in [0.3, 0.4) is 0 Å². The molecule has 0 aromatic heterocycles. The molecule has 1 saturated carbocycles. The van der Waals surface area contributed by atoms with E-state index < -0.39 is 27.6 Å². The van der Waals surface area contributed by atoms with Gasteiger partial charge in [0.1, 0.15) is 5.75 Å². The Bertz CT molecular complexity index is 720. The van der Waals surface area contributed by atoms with Gasteiger partial charge < -0.3 is 10.1 Å². The molecular formula is C19H29F3N2O3S. The summed E-state index contributed by atoms with van der Waals surface area (Å²) in [5, 5.41) is 3.28. The fourth-order valence-corrected chi connectivity index (χ4v) is 4.01. The molecule has 0 heterocycles. The summed E-state index contributed by atoms with van der Waals surface area (Å²) in [6.07, 6.45) is -0.928. The predicted octanol–water partition coefficient (Wildman–Crippen LogP) is 4.32. The van der Waals surface area contributed by atoms with Crippen LogP contribution in [0.5, 0.6) is 5.75 Å². The topological polar surface area (TPSA) is 67.4 Å². The molecule has 1 aromatic carbocycles. The zero-order valence-corrected chi connectivity index (χ0v) is 17.3. The number of rotatable bonds is 7. The first-order valence-corrected chi connectivity index (χ1v) is 10.9. The molecule has 28 heavy (non-hydrogen) atoms. The molecule has 0 bridgehead atoms. The number of hydrogen-bond donors (Lipinski definition) is 2.